The van der Waals surface area contributed by atoms with Gasteiger partial charge in [0.25, 0.3) is 0 Å². The van der Waals surface area contributed by atoms with Crippen molar-refractivity contribution in [2.45, 2.75) is 20.8 Å². The molecule has 0 saturated carbocycles. The van der Waals surface area contributed by atoms with Crippen LogP contribution in [0.3, 0.4) is 0 Å². The SMILES string of the molecule is CC(=O)c1csc2ccc(C)cc12.COc1ccc2scc(C(=O)O)c2c1.Cc1ccc2sccc2c1.I.Oc1ccc2sccc2c1.[I][V]([I])[I].[I][V][I]. The predicted molar refractivity (Wildman–Crippen MR) is 287 cm³/mol. The van der Waals surface area contributed by atoms with Crippen LogP contribution in [-0.2, 0) is 14.4 Å². The van der Waals surface area contributed by atoms with Crippen LogP contribution in [0.4, 0.5) is 0 Å². The zero-order chi connectivity index (χ0) is 39.8. The van der Waals surface area contributed by atoms with Crippen molar-refractivity contribution in [3.8, 4) is 11.5 Å². The number of hydrogen-bond donors (Lipinski definition) is 2. The molecule has 0 bridgehead atoms. The zero-order valence-electron chi connectivity index (χ0n) is 29.3. The van der Waals surface area contributed by atoms with E-state index in [0.29, 0.717) is 26.5 Å². The fraction of sp³-hybridized carbons (Fsp3) is 0.105. The van der Waals surface area contributed by atoms with Crippen molar-refractivity contribution in [3.63, 3.8) is 0 Å². The number of fused-ring (bicyclic) bond motifs is 4. The monoisotopic (exact) mass is 1560 g/mol. The summed E-state index contributed by atoms with van der Waals surface area (Å²) in [5.74, 6) is 0.269. The van der Waals surface area contributed by atoms with Crippen molar-refractivity contribution in [2.24, 2.45) is 0 Å². The number of phenols is 1. The molecule has 0 aliphatic heterocycles. The van der Waals surface area contributed by atoms with Crippen LogP contribution in [0.25, 0.3) is 40.3 Å². The summed E-state index contributed by atoms with van der Waals surface area (Å²) in [6.07, 6.45) is 0. The van der Waals surface area contributed by atoms with Gasteiger partial charge in [-0.1, -0.05) is 29.3 Å². The molecular formula is C38H33I6O5S4V2. The Morgan fingerprint density at radius 1 is 0.673 bits per heavy atom. The van der Waals surface area contributed by atoms with Crippen molar-refractivity contribution in [1.29, 1.82) is 0 Å². The van der Waals surface area contributed by atoms with E-state index in [-0.39, 0.29) is 34.7 Å². The summed E-state index contributed by atoms with van der Waals surface area (Å²) in [6, 6.07) is 27.8. The van der Waals surface area contributed by atoms with E-state index in [1.54, 1.807) is 71.6 Å². The number of hydrogen-bond acceptors (Lipinski definition) is 8. The second-order valence-electron chi connectivity index (χ2n) is 10.9. The summed E-state index contributed by atoms with van der Waals surface area (Å²) >= 11 is 18.7. The number of halogens is 6. The number of rotatable bonds is 3. The molecule has 0 aliphatic carbocycles. The molecule has 0 radical (unpaired) electrons. The Hall–Kier alpha value is 1.01. The van der Waals surface area contributed by atoms with Crippen molar-refractivity contribution < 1.29 is 38.9 Å². The van der Waals surface area contributed by atoms with Gasteiger partial charge in [0.05, 0.1) is 12.7 Å². The standard InChI is InChI=1S/C11H10OS.C10H8O3S.C9H8S.C8H6OS.6HI.2V/c1-7-3-4-11-9(5-7)10(6-13-11)8(2)12;1-13-6-2-3-9-7(4-6)8(5-14-9)10(11)12;1-7-2-3-9-8(6-7)4-5-10-9;9-7-1-2-8-6(5-7)3-4-10-8;;;;;;;;/h3-6H,1-2H3;2-5H,1H3,(H,11,12);2-6H,1H3;1-5,9H;6*1H;;/q;;;;;;;;;;+2;+3/p-5. The average Bonchev–Trinajstić information content (AvgIpc) is 3.94. The first kappa shape index (κ1) is 52.1. The number of aromatic hydroxyl groups is 1. The Bertz CT molecular complexity index is 2340. The van der Waals surface area contributed by atoms with Gasteiger partial charge in [-0.25, -0.2) is 4.79 Å². The number of aromatic carboxylic acids is 1. The number of methoxy groups -OCH3 is 1. The molecule has 4 aromatic heterocycles. The predicted octanol–water partition coefficient (Wildman–Crippen LogP) is 16.9. The topological polar surface area (TPSA) is 83.8 Å². The fourth-order valence-electron chi connectivity index (χ4n) is 4.76. The van der Waals surface area contributed by atoms with Crippen LogP contribution >= 0.6 is 169 Å². The van der Waals surface area contributed by atoms with E-state index in [9.17, 15) is 9.59 Å². The molecule has 5 nitrogen and oxygen atoms in total. The molecule has 4 aromatic carbocycles. The van der Waals surface area contributed by atoms with E-state index in [4.69, 9.17) is 14.9 Å². The van der Waals surface area contributed by atoms with Crippen molar-refractivity contribution >= 4 is 221 Å². The molecule has 291 valence electrons. The molecule has 0 spiro atoms. The molecule has 0 amide bonds. The van der Waals surface area contributed by atoms with Gasteiger partial charge in [-0.05, 0) is 109 Å². The molecule has 17 heteroatoms. The van der Waals surface area contributed by atoms with E-state index >= 15 is 0 Å². The second-order valence-corrected chi connectivity index (χ2v) is 61.8. The molecule has 0 saturated heterocycles. The molecule has 55 heavy (non-hydrogen) atoms. The summed E-state index contributed by atoms with van der Waals surface area (Å²) in [5.41, 5.74) is 3.73. The van der Waals surface area contributed by atoms with Crippen LogP contribution < -0.4 is 4.74 Å². The molecule has 8 aromatic rings. The van der Waals surface area contributed by atoms with Crippen LogP contribution in [0.15, 0.2) is 106 Å². The molecule has 0 aliphatic rings. The van der Waals surface area contributed by atoms with Crippen LogP contribution in [0.5, 0.6) is 11.5 Å². The molecule has 0 unspecified atom stereocenters. The molecule has 2 N–H and O–H groups in total. The maximum atomic E-state index is 11.2. The number of benzene rings is 4. The summed E-state index contributed by atoms with van der Waals surface area (Å²) in [5, 5.41) is 30.0. The Morgan fingerprint density at radius 3 is 1.65 bits per heavy atom. The third-order valence-corrected chi connectivity index (χ3v) is 10.9. The first-order valence-electron chi connectivity index (χ1n) is 15.3. The van der Waals surface area contributed by atoms with Gasteiger partial charge < -0.3 is 14.9 Å². The van der Waals surface area contributed by atoms with Crippen molar-refractivity contribution in [1.82, 2.24) is 0 Å². The number of ether oxygens (including phenoxy) is 1. The summed E-state index contributed by atoms with van der Waals surface area (Å²) in [4.78, 5) is 21.8. The number of phenolic OH excluding ortho intramolecular Hbond substituents is 1. The van der Waals surface area contributed by atoms with Gasteiger partial charge in [-0.3, -0.25) is 4.79 Å². The van der Waals surface area contributed by atoms with E-state index < -0.39 is 5.97 Å². The number of carbonyl (C=O) groups is 2. The average molecular weight is 1560 g/mol. The van der Waals surface area contributed by atoms with Gasteiger partial charge in [0.1, 0.15) is 11.5 Å². The number of Topliss-reactive ketones (excluding diaryl/α,β-unsaturated/α-hetero) is 1. The van der Waals surface area contributed by atoms with E-state index in [2.05, 4.69) is 155 Å². The van der Waals surface area contributed by atoms with Crippen LogP contribution in [0, 0.1) is 13.8 Å². The second kappa shape index (κ2) is 27.8. The third-order valence-electron chi connectivity index (χ3n) is 7.16. The Balaban J connectivity index is 0.000000240. The van der Waals surface area contributed by atoms with Crippen molar-refractivity contribution in [3.05, 3.63) is 129 Å². The minimum absolute atomic E-state index is 0. The summed E-state index contributed by atoms with van der Waals surface area (Å²) in [7, 11) is 2.19. The molecule has 4 heterocycles. The van der Waals surface area contributed by atoms with Gasteiger partial charge in [0.2, 0.25) is 0 Å². The van der Waals surface area contributed by atoms with Gasteiger partial charge in [0, 0.05) is 45.9 Å². The number of aryl methyl sites for hydroxylation is 2. The van der Waals surface area contributed by atoms with Crippen LogP contribution in [0.1, 0.15) is 38.8 Å². The maximum absolute atomic E-state index is 11.2. The Kier molecular flexibility index (Phi) is 26.3. The molecule has 0 atom stereocenters. The summed E-state index contributed by atoms with van der Waals surface area (Å²) in [6.45, 7) is 5.78. The number of thiophene rings is 4. The molecule has 8 rings (SSSR count). The van der Waals surface area contributed by atoms with E-state index in [0.717, 1.165) is 26.4 Å². The number of carbonyl (C=O) groups excluding carboxylic acids is 1. The first-order valence-corrected chi connectivity index (χ1v) is 41.4. The van der Waals surface area contributed by atoms with E-state index in [1.807, 2.05) is 41.9 Å². The molecule has 0 fully saturated rings. The number of ketones is 1. The fourth-order valence-corrected chi connectivity index (χ4v) is 8.19. The number of carboxylic acid groups (broad SMARTS) is 1. The normalized spacial score (nSPS) is 9.85. The van der Waals surface area contributed by atoms with E-state index in [1.165, 1.54) is 41.9 Å². The van der Waals surface area contributed by atoms with Crippen LogP contribution in [0.2, 0.25) is 0 Å². The van der Waals surface area contributed by atoms with Gasteiger partial charge in [-0.2, -0.15) is 0 Å². The first-order chi connectivity index (χ1) is 25.8. The van der Waals surface area contributed by atoms with Gasteiger partial charge >= 0.3 is 120 Å². The minimum atomic E-state index is -0.899. The van der Waals surface area contributed by atoms with Crippen molar-refractivity contribution in [2.75, 3.05) is 7.11 Å². The Labute approximate surface area is 420 Å². The third kappa shape index (κ3) is 17.9. The summed E-state index contributed by atoms with van der Waals surface area (Å²) < 4.78 is 9.79. The van der Waals surface area contributed by atoms with Gasteiger partial charge in [0.15, 0.2) is 5.78 Å². The Morgan fingerprint density at radius 2 is 1.13 bits per heavy atom. The zero-order valence-corrected chi connectivity index (χ0v) is 48.5. The van der Waals surface area contributed by atoms with Crippen LogP contribution in [-0.4, -0.2) is 29.1 Å². The molecular weight excluding hydrogens is 1530 g/mol. The van der Waals surface area contributed by atoms with Gasteiger partial charge in [-0.15, -0.1) is 69.3 Å². The number of carboxylic acids is 1. The quantitative estimate of drug-likeness (QED) is 0.136.